The van der Waals surface area contributed by atoms with E-state index in [1.54, 1.807) is 11.3 Å². The molecule has 2 aromatic carbocycles. The summed E-state index contributed by atoms with van der Waals surface area (Å²) in [5, 5.41) is 40.1. The van der Waals surface area contributed by atoms with Gasteiger partial charge >= 0.3 is 147 Å². The maximum atomic E-state index is 10.5. The SMILES string of the molecule is C[I-]c1ccc(-c2ccc(Cc3cc([C@@H]4O[C@H](CO)[C@@H](O)[C@H](O)[C@H]4O)ccc3C)s2)cc1. The fraction of sp³-hybridized carbons (Fsp3) is 0.360. The van der Waals surface area contributed by atoms with Gasteiger partial charge in [-0.3, -0.25) is 0 Å². The van der Waals surface area contributed by atoms with Gasteiger partial charge in [0, 0.05) is 0 Å². The molecule has 0 spiro atoms. The zero-order chi connectivity index (χ0) is 22.8. The van der Waals surface area contributed by atoms with Crippen LogP contribution in [0.4, 0.5) is 0 Å². The van der Waals surface area contributed by atoms with Crippen LogP contribution >= 0.6 is 11.3 Å². The fourth-order valence-electron chi connectivity index (χ4n) is 3.99. The molecule has 5 nitrogen and oxygen atoms in total. The molecule has 1 aromatic heterocycles. The average molecular weight is 567 g/mol. The summed E-state index contributed by atoms with van der Waals surface area (Å²) in [6.45, 7) is 1.62. The number of rotatable bonds is 6. The van der Waals surface area contributed by atoms with Gasteiger partial charge in [-0.15, -0.1) is 0 Å². The van der Waals surface area contributed by atoms with Crippen LogP contribution in [0.1, 0.15) is 27.7 Å². The predicted molar refractivity (Wildman–Crippen MR) is 121 cm³/mol. The third kappa shape index (κ3) is 4.94. The van der Waals surface area contributed by atoms with Crippen LogP contribution in [0.15, 0.2) is 54.6 Å². The molecule has 5 atom stereocenters. The van der Waals surface area contributed by atoms with Crippen molar-refractivity contribution < 1.29 is 46.4 Å². The summed E-state index contributed by atoms with van der Waals surface area (Å²) in [6.07, 6.45) is -4.98. The standard InChI is InChI=1S/C25H28IO5S/c1-14-3-4-16(25-24(30)23(29)22(28)20(13-27)31-25)11-17(14)12-19-9-10-21(32-19)15-5-7-18(26-2)8-6-15/h3-11,20,22-25,27-30H,12-13H2,1-2H3/q-1/t20-,22-,23+,24-,25+/m1/s1. The van der Waals surface area contributed by atoms with Gasteiger partial charge in [0.2, 0.25) is 0 Å². The molecule has 0 unspecified atom stereocenters. The second kappa shape index (κ2) is 10.3. The van der Waals surface area contributed by atoms with Crippen molar-refractivity contribution in [3.63, 3.8) is 0 Å². The number of ether oxygens (including phenoxy) is 1. The van der Waals surface area contributed by atoms with Crippen LogP contribution in [0, 0.1) is 10.5 Å². The number of alkyl halides is 1. The van der Waals surface area contributed by atoms with E-state index >= 15 is 0 Å². The third-order valence-corrected chi connectivity index (χ3v) is 9.07. The van der Waals surface area contributed by atoms with Gasteiger partial charge in [0.1, 0.15) is 24.4 Å². The Hall–Kier alpha value is -1.33. The molecule has 7 heteroatoms. The van der Waals surface area contributed by atoms with Gasteiger partial charge in [-0.1, -0.05) is 0 Å². The van der Waals surface area contributed by atoms with Crippen LogP contribution in [0.2, 0.25) is 0 Å². The minimum atomic E-state index is -1.38. The molecule has 32 heavy (non-hydrogen) atoms. The van der Waals surface area contributed by atoms with Gasteiger partial charge < -0.3 is 25.2 Å². The summed E-state index contributed by atoms with van der Waals surface area (Å²) < 4.78 is 7.17. The van der Waals surface area contributed by atoms with Crippen LogP contribution < -0.4 is 21.2 Å². The van der Waals surface area contributed by atoms with Gasteiger partial charge in [0.15, 0.2) is 0 Å². The Kier molecular flexibility index (Phi) is 7.66. The van der Waals surface area contributed by atoms with E-state index in [1.165, 1.54) is 18.9 Å². The fourth-order valence-corrected chi connectivity index (χ4v) is 6.11. The number of hydrogen-bond acceptors (Lipinski definition) is 6. The molecule has 0 aliphatic carbocycles. The summed E-state index contributed by atoms with van der Waals surface area (Å²) >= 11 is 1.88. The molecule has 3 aromatic rings. The summed E-state index contributed by atoms with van der Waals surface area (Å²) in [5.41, 5.74) is 4.19. The van der Waals surface area contributed by atoms with E-state index in [0.717, 1.165) is 23.1 Å². The Balaban J connectivity index is 1.55. The maximum absolute atomic E-state index is 10.5. The van der Waals surface area contributed by atoms with E-state index in [4.69, 9.17) is 4.74 Å². The number of aliphatic hydroxyl groups excluding tert-OH is 4. The van der Waals surface area contributed by atoms with Crippen LogP contribution in [0.25, 0.3) is 10.4 Å². The zero-order valence-corrected chi connectivity index (χ0v) is 21.0. The Labute approximate surface area is 202 Å². The van der Waals surface area contributed by atoms with E-state index in [-0.39, 0.29) is 21.2 Å². The second-order valence-corrected chi connectivity index (χ2v) is 11.6. The monoisotopic (exact) mass is 567 g/mol. The molecule has 0 amide bonds. The number of benzene rings is 2. The first-order chi connectivity index (χ1) is 15.4. The Morgan fingerprint density at radius 2 is 1.69 bits per heavy atom. The van der Waals surface area contributed by atoms with Gasteiger partial charge in [-0.2, -0.15) is 0 Å². The quantitative estimate of drug-likeness (QED) is 0.243. The number of halogens is 1. The van der Waals surface area contributed by atoms with E-state index < -0.39 is 37.1 Å². The Bertz CT molecular complexity index is 1050. The van der Waals surface area contributed by atoms with Crippen molar-refractivity contribution in [2.45, 2.75) is 43.9 Å². The minimum absolute atomic E-state index is 0.103. The number of aryl methyl sites for hydroxylation is 1. The molecule has 0 bridgehead atoms. The van der Waals surface area contributed by atoms with Crippen molar-refractivity contribution >= 4 is 11.3 Å². The molecular weight excluding hydrogens is 539 g/mol. The first-order valence-electron chi connectivity index (χ1n) is 10.5. The van der Waals surface area contributed by atoms with Crippen molar-refractivity contribution in [2.24, 2.45) is 0 Å². The third-order valence-electron chi connectivity index (χ3n) is 5.97. The van der Waals surface area contributed by atoms with Crippen LogP contribution in [0.3, 0.4) is 0 Å². The van der Waals surface area contributed by atoms with Crippen molar-refractivity contribution in [2.75, 3.05) is 11.5 Å². The molecule has 0 radical (unpaired) electrons. The topological polar surface area (TPSA) is 90.2 Å². The zero-order valence-electron chi connectivity index (χ0n) is 18.0. The Morgan fingerprint density at radius 1 is 0.938 bits per heavy atom. The van der Waals surface area contributed by atoms with Gasteiger partial charge in [0.25, 0.3) is 0 Å². The normalized spacial score (nSPS) is 25.9. The predicted octanol–water partition coefficient (Wildman–Crippen LogP) is -0.282. The molecule has 172 valence electrons. The van der Waals surface area contributed by atoms with Crippen LogP contribution in [-0.2, 0) is 11.2 Å². The first kappa shape index (κ1) is 23.8. The first-order valence-corrected chi connectivity index (χ1v) is 14.5. The molecule has 2 heterocycles. The van der Waals surface area contributed by atoms with Crippen molar-refractivity contribution in [1.82, 2.24) is 0 Å². The van der Waals surface area contributed by atoms with Crippen molar-refractivity contribution in [3.05, 3.63) is 79.7 Å². The molecule has 1 aliphatic rings. The molecule has 4 N–H and O–H groups in total. The van der Waals surface area contributed by atoms with Crippen LogP contribution in [-0.4, -0.2) is 56.4 Å². The summed E-state index contributed by atoms with van der Waals surface area (Å²) in [6, 6.07) is 19.0. The summed E-state index contributed by atoms with van der Waals surface area (Å²) in [5.74, 6) is 0. The molecule has 1 fully saturated rings. The summed E-state index contributed by atoms with van der Waals surface area (Å²) in [7, 11) is 0. The Morgan fingerprint density at radius 3 is 2.38 bits per heavy atom. The average Bonchev–Trinajstić information content (AvgIpc) is 3.28. The van der Waals surface area contributed by atoms with E-state index in [0.29, 0.717) is 0 Å². The second-order valence-electron chi connectivity index (χ2n) is 8.07. The van der Waals surface area contributed by atoms with Crippen molar-refractivity contribution in [3.8, 4) is 10.4 Å². The van der Waals surface area contributed by atoms with E-state index in [9.17, 15) is 20.4 Å². The van der Waals surface area contributed by atoms with Gasteiger partial charge in [0.05, 0.1) is 6.61 Å². The van der Waals surface area contributed by atoms with Crippen LogP contribution in [0.5, 0.6) is 0 Å². The number of aliphatic hydroxyl groups is 4. The molecule has 0 saturated carbocycles. The van der Waals surface area contributed by atoms with E-state index in [2.05, 4.69) is 41.3 Å². The van der Waals surface area contributed by atoms with Gasteiger partial charge in [-0.05, 0) is 0 Å². The molecular formula is C25H28IO5S-. The van der Waals surface area contributed by atoms with Gasteiger partial charge in [-0.25, -0.2) is 0 Å². The van der Waals surface area contributed by atoms with Crippen molar-refractivity contribution in [1.29, 1.82) is 0 Å². The summed E-state index contributed by atoms with van der Waals surface area (Å²) in [4.78, 5) is 4.74. The number of thiophene rings is 1. The molecule has 4 rings (SSSR count). The molecule has 1 aliphatic heterocycles. The molecule has 1 saturated heterocycles. The van der Waals surface area contributed by atoms with E-state index in [1.807, 2.05) is 25.1 Å². The number of hydrogen-bond donors (Lipinski definition) is 4.